The number of aryl methyl sites for hydroxylation is 1. The van der Waals surface area contributed by atoms with E-state index in [1.165, 1.54) is 12.5 Å². The van der Waals surface area contributed by atoms with E-state index >= 15 is 0 Å². The highest BCUT2D eigenvalue weighted by Gasteiger charge is 1.97. The van der Waals surface area contributed by atoms with Gasteiger partial charge in [0.05, 0.1) is 0 Å². The fourth-order valence-corrected chi connectivity index (χ4v) is 1.22. The van der Waals surface area contributed by atoms with Crippen LogP contribution in [0.1, 0.15) is 25.3 Å². The number of hydrogen-bond acceptors (Lipinski definition) is 2. The van der Waals surface area contributed by atoms with Crippen LogP contribution in [0.25, 0.3) is 0 Å². The third kappa shape index (κ3) is 3.60. The lowest BCUT2D eigenvalue weighted by atomic mass is 10.1. The zero-order valence-corrected chi connectivity index (χ0v) is 8.45. The Morgan fingerprint density at radius 2 is 2.00 bits per heavy atom. The lowest BCUT2D eigenvalue weighted by Gasteiger charge is -2.02. The van der Waals surface area contributed by atoms with Crippen molar-refractivity contribution in [1.29, 1.82) is 0 Å². The third-order valence-electron chi connectivity index (χ3n) is 1.90. The number of rotatable bonds is 4. The van der Waals surface area contributed by atoms with Gasteiger partial charge in [0.1, 0.15) is 5.75 Å². The number of unbranched alkanes of at least 4 members (excludes halogenated alkanes) is 1. The van der Waals surface area contributed by atoms with Gasteiger partial charge < -0.3 is 4.74 Å². The van der Waals surface area contributed by atoms with Gasteiger partial charge in [-0.25, -0.2) is 0 Å². The number of carbonyl (C=O) groups excluding carboxylic acids is 1. The Morgan fingerprint density at radius 3 is 2.50 bits per heavy atom. The quantitative estimate of drug-likeness (QED) is 0.540. The lowest BCUT2D eigenvalue weighted by Crippen LogP contribution is -2.01. The van der Waals surface area contributed by atoms with Crippen molar-refractivity contribution in [2.75, 3.05) is 0 Å². The topological polar surface area (TPSA) is 26.3 Å². The molecule has 0 aliphatic heterocycles. The van der Waals surface area contributed by atoms with Crippen LogP contribution in [0.4, 0.5) is 0 Å². The van der Waals surface area contributed by atoms with Gasteiger partial charge in [-0.2, -0.15) is 0 Å². The van der Waals surface area contributed by atoms with Crippen LogP contribution in [0, 0.1) is 6.92 Å². The van der Waals surface area contributed by atoms with Crippen LogP contribution in [0.15, 0.2) is 24.3 Å². The molecule has 1 rings (SSSR count). The van der Waals surface area contributed by atoms with Gasteiger partial charge in [-0.15, -0.1) is 0 Å². The summed E-state index contributed by atoms with van der Waals surface area (Å²) in [6, 6.07) is 7.60. The van der Waals surface area contributed by atoms with Gasteiger partial charge in [0.25, 0.3) is 0 Å². The Bertz CT molecular complexity index is 288. The summed E-state index contributed by atoms with van der Waals surface area (Å²) in [4.78, 5) is 10.6. The van der Waals surface area contributed by atoms with Crippen LogP contribution >= 0.6 is 0 Å². The molecule has 2 nitrogen and oxygen atoms in total. The Hall–Kier alpha value is -1.31. The molecule has 0 saturated heterocycles. The summed E-state index contributed by atoms with van der Waals surface area (Å²) < 4.78 is 4.92. The lowest BCUT2D eigenvalue weighted by molar-refractivity contribution is -0.131. The molecule has 0 aromatic heterocycles. The summed E-state index contributed by atoms with van der Waals surface area (Å²) in [7, 11) is 0. The molecule has 1 aromatic carbocycles. The smallest absolute Gasteiger partial charge is 0.308 e. The van der Waals surface area contributed by atoms with Crippen LogP contribution in [-0.4, -0.2) is 5.97 Å². The zero-order chi connectivity index (χ0) is 10.4. The predicted octanol–water partition coefficient (Wildman–Crippen LogP) is 2.77. The molecule has 75 valence electrons. The van der Waals surface area contributed by atoms with Crippen LogP contribution in [-0.2, 0) is 11.2 Å². The van der Waals surface area contributed by atoms with E-state index in [1.54, 1.807) is 0 Å². The van der Waals surface area contributed by atoms with Crippen molar-refractivity contribution in [3.8, 4) is 5.75 Å². The highest BCUT2D eigenvalue weighted by molar-refractivity contribution is 5.69. The van der Waals surface area contributed by atoms with Gasteiger partial charge in [-0.05, 0) is 30.5 Å². The Morgan fingerprint density at radius 1 is 1.36 bits per heavy atom. The van der Waals surface area contributed by atoms with Crippen molar-refractivity contribution in [2.24, 2.45) is 0 Å². The van der Waals surface area contributed by atoms with E-state index in [0.717, 1.165) is 19.3 Å². The van der Waals surface area contributed by atoms with Crippen molar-refractivity contribution in [3.05, 3.63) is 36.8 Å². The van der Waals surface area contributed by atoms with Gasteiger partial charge in [-0.3, -0.25) is 4.79 Å². The van der Waals surface area contributed by atoms with E-state index in [9.17, 15) is 4.79 Å². The molecular formula is C12H15O2. The first-order chi connectivity index (χ1) is 6.72. The second-order valence-corrected chi connectivity index (χ2v) is 3.19. The van der Waals surface area contributed by atoms with Gasteiger partial charge in [0, 0.05) is 6.92 Å². The highest BCUT2D eigenvalue weighted by atomic mass is 16.5. The van der Waals surface area contributed by atoms with Crippen molar-refractivity contribution < 1.29 is 9.53 Å². The van der Waals surface area contributed by atoms with E-state index in [2.05, 4.69) is 6.92 Å². The molecule has 0 unspecified atom stereocenters. The standard InChI is InChI=1S/C12H15O2/c1-3-4-5-11-6-8-12(9-7-11)14-10(2)13/h6-9H,1,3-5H2,2H3. The van der Waals surface area contributed by atoms with Crippen LogP contribution in [0.2, 0.25) is 0 Å². The molecule has 2 heteroatoms. The second-order valence-electron chi connectivity index (χ2n) is 3.19. The first kappa shape index (κ1) is 10.8. The molecule has 1 radical (unpaired) electrons. The van der Waals surface area contributed by atoms with E-state index in [-0.39, 0.29) is 5.97 Å². The van der Waals surface area contributed by atoms with Crippen molar-refractivity contribution in [1.82, 2.24) is 0 Å². The summed E-state index contributed by atoms with van der Waals surface area (Å²) in [5.74, 6) is 0.325. The summed E-state index contributed by atoms with van der Waals surface area (Å²) in [6.07, 6.45) is 3.07. The highest BCUT2D eigenvalue weighted by Crippen LogP contribution is 2.13. The monoisotopic (exact) mass is 191 g/mol. The minimum absolute atomic E-state index is 0.282. The zero-order valence-electron chi connectivity index (χ0n) is 8.45. The Kier molecular flexibility index (Phi) is 4.17. The number of esters is 1. The number of ether oxygens (including phenoxy) is 1. The second kappa shape index (κ2) is 5.43. The molecular weight excluding hydrogens is 176 g/mol. The molecule has 0 N–H and O–H groups in total. The summed E-state index contributed by atoms with van der Waals surface area (Å²) >= 11 is 0. The molecule has 0 aliphatic rings. The molecule has 0 heterocycles. The summed E-state index contributed by atoms with van der Waals surface area (Å²) in [6.45, 7) is 5.19. The molecule has 0 spiro atoms. The molecule has 14 heavy (non-hydrogen) atoms. The van der Waals surface area contributed by atoms with Gasteiger partial charge in [0.15, 0.2) is 0 Å². The van der Waals surface area contributed by atoms with Crippen LogP contribution in [0.5, 0.6) is 5.75 Å². The van der Waals surface area contributed by atoms with E-state index in [4.69, 9.17) is 4.74 Å². The predicted molar refractivity (Wildman–Crippen MR) is 56.0 cm³/mol. The molecule has 0 aliphatic carbocycles. The SMILES string of the molecule is [CH2]CCCc1ccc(OC(C)=O)cc1. The normalized spacial score (nSPS) is 9.86. The van der Waals surface area contributed by atoms with E-state index in [1.807, 2.05) is 24.3 Å². The van der Waals surface area contributed by atoms with Gasteiger partial charge in [0.2, 0.25) is 0 Å². The minimum Gasteiger partial charge on any atom is -0.427 e. The summed E-state index contributed by atoms with van der Waals surface area (Å²) in [5.41, 5.74) is 1.25. The number of benzene rings is 1. The third-order valence-corrected chi connectivity index (χ3v) is 1.90. The van der Waals surface area contributed by atoms with Crippen molar-refractivity contribution >= 4 is 5.97 Å². The molecule has 0 amide bonds. The maximum Gasteiger partial charge on any atom is 0.308 e. The van der Waals surface area contributed by atoms with Gasteiger partial charge in [-0.1, -0.05) is 25.5 Å². The van der Waals surface area contributed by atoms with Gasteiger partial charge >= 0.3 is 5.97 Å². The molecule has 1 aromatic rings. The maximum absolute atomic E-state index is 10.6. The molecule has 0 saturated carbocycles. The Balaban J connectivity index is 2.54. The van der Waals surface area contributed by atoms with Crippen molar-refractivity contribution in [2.45, 2.75) is 26.2 Å². The first-order valence-corrected chi connectivity index (χ1v) is 4.79. The fraction of sp³-hybridized carbons (Fsp3) is 0.333. The van der Waals surface area contributed by atoms with Crippen LogP contribution in [0.3, 0.4) is 0 Å². The molecule has 0 fully saturated rings. The number of hydrogen-bond donors (Lipinski definition) is 0. The Labute approximate surface area is 84.9 Å². The first-order valence-electron chi connectivity index (χ1n) is 4.79. The summed E-state index contributed by atoms with van der Waals surface area (Å²) in [5, 5.41) is 0. The molecule has 0 atom stereocenters. The fourth-order valence-electron chi connectivity index (χ4n) is 1.22. The maximum atomic E-state index is 10.6. The average molecular weight is 191 g/mol. The largest absolute Gasteiger partial charge is 0.427 e. The average Bonchev–Trinajstić information content (AvgIpc) is 2.16. The minimum atomic E-state index is -0.282. The van der Waals surface area contributed by atoms with E-state index in [0.29, 0.717) is 5.75 Å². The number of carbonyl (C=O) groups is 1. The van der Waals surface area contributed by atoms with Crippen LogP contribution < -0.4 is 4.74 Å². The van der Waals surface area contributed by atoms with E-state index < -0.39 is 0 Å². The van der Waals surface area contributed by atoms with Crippen molar-refractivity contribution in [3.63, 3.8) is 0 Å². The molecule has 0 bridgehead atoms.